The van der Waals surface area contributed by atoms with E-state index in [-0.39, 0.29) is 10.7 Å². The Morgan fingerprint density at radius 2 is 1.83 bits per heavy atom. The molecule has 0 radical (unpaired) electrons. The van der Waals surface area contributed by atoms with E-state index in [2.05, 4.69) is 10.1 Å². The van der Waals surface area contributed by atoms with Crippen LogP contribution in [0.25, 0.3) is 16.5 Å². The Hall–Kier alpha value is -2.26. The van der Waals surface area contributed by atoms with Gasteiger partial charge in [-0.2, -0.15) is 0 Å². The van der Waals surface area contributed by atoms with E-state index in [0.717, 1.165) is 11.8 Å². The van der Waals surface area contributed by atoms with Crippen molar-refractivity contribution in [2.75, 3.05) is 0 Å². The van der Waals surface area contributed by atoms with Gasteiger partial charge in [0.05, 0.1) is 4.91 Å². The van der Waals surface area contributed by atoms with Gasteiger partial charge in [-0.05, 0) is 42.1 Å². The Bertz CT molecular complexity index is 842. The number of thiophene rings is 1. The summed E-state index contributed by atoms with van der Waals surface area (Å²) in [6.45, 7) is 0. The van der Waals surface area contributed by atoms with Crippen LogP contribution in [0.15, 0.2) is 41.3 Å². The lowest BCUT2D eigenvalue weighted by Crippen LogP contribution is -2.17. The summed E-state index contributed by atoms with van der Waals surface area (Å²) in [6.07, 6.45) is -3.26. The molecule has 1 fully saturated rings. The highest BCUT2D eigenvalue weighted by atomic mass is 32.2. The lowest BCUT2D eigenvalue weighted by atomic mass is 10.1. The minimum Gasteiger partial charge on any atom is -0.405 e. The molecule has 1 aromatic carbocycles. The summed E-state index contributed by atoms with van der Waals surface area (Å²) in [5, 5.41) is 1.69. The summed E-state index contributed by atoms with van der Waals surface area (Å²) in [5.41, 5.74) is 0.295. The Kier molecular flexibility index (Phi) is 4.37. The van der Waals surface area contributed by atoms with Crippen molar-refractivity contribution in [2.45, 2.75) is 6.36 Å². The lowest BCUT2D eigenvalue weighted by molar-refractivity contribution is -0.274. The molecule has 1 aliphatic rings. The second-order valence-corrected chi connectivity index (χ2v) is 6.73. The van der Waals surface area contributed by atoms with E-state index in [1.807, 2.05) is 0 Å². The summed E-state index contributed by atoms with van der Waals surface area (Å²) in [6, 6.07) is 9.11. The summed E-state index contributed by atoms with van der Waals surface area (Å²) in [4.78, 5) is 24.1. The van der Waals surface area contributed by atoms with Crippen LogP contribution in [0.4, 0.5) is 18.0 Å². The smallest absolute Gasteiger partial charge is 0.405 e. The molecule has 0 spiro atoms. The number of halogens is 3. The Morgan fingerprint density at radius 1 is 1.08 bits per heavy atom. The normalized spacial score (nSPS) is 16.5. The first kappa shape index (κ1) is 16.6. The van der Waals surface area contributed by atoms with Gasteiger partial charge < -0.3 is 4.74 Å². The maximum absolute atomic E-state index is 12.5. The maximum atomic E-state index is 12.5. The minimum atomic E-state index is -4.78. The number of ether oxygens (including phenoxy) is 1. The highest BCUT2D eigenvalue weighted by molar-refractivity contribution is 8.18. The number of benzene rings is 1. The van der Waals surface area contributed by atoms with Gasteiger partial charge in [0, 0.05) is 15.3 Å². The molecular formula is C15H8F3NO3S2. The molecule has 0 unspecified atom stereocenters. The minimum absolute atomic E-state index is 0.244. The Morgan fingerprint density at radius 3 is 2.50 bits per heavy atom. The molecule has 0 saturated carbocycles. The average Bonchev–Trinajstić information content (AvgIpc) is 3.05. The first-order chi connectivity index (χ1) is 11.3. The molecule has 0 bridgehead atoms. The molecule has 1 saturated heterocycles. The van der Waals surface area contributed by atoms with Crippen LogP contribution < -0.4 is 10.1 Å². The van der Waals surface area contributed by atoms with E-state index in [1.165, 1.54) is 35.6 Å². The lowest BCUT2D eigenvalue weighted by Gasteiger charge is -2.12. The van der Waals surface area contributed by atoms with Crippen molar-refractivity contribution >= 4 is 40.3 Å². The van der Waals surface area contributed by atoms with Gasteiger partial charge in [-0.25, -0.2) is 0 Å². The van der Waals surface area contributed by atoms with E-state index >= 15 is 0 Å². The third-order valence-electron chi connectivity index (χ3n) is 2.92. The van der Waals surface area contributed by atoms with Crippen LogP contribution in [0.5, 0.6) is 5.75 Å². The molecule has 2 aromatic rings. The van der Waals surface area contributed by atoms with Crippen LogP contribution in [0.2, 0.25) is 0 Å². The second kappa shape index (κ2) is 6.33. The topological polar surface area (TPSA) is 55.4 Å². The zero-order chi connectivity index (χ0) is 17.3. The number of nitrogens with one attached hydrogen (secondary N) is 1. The monoisotopic (exact) mass is 371 g/mol. The van der Waals surface area contributed by atoms with Crippen molar-refractivity contribution in [3.8, 4) is 16.2 Å². The standard InChI is InChI=1S/C15H8F3NO3S2/c16-15(17,18)22-10-4-2-1-3-9(10)11-6-5-8(23-11)7-12-13(20)19-14(21)24-12/h1-7H,(H,19,20,21). The van der Waals surface area contributed by atoms with E-state index in [0.29, 0.717) is 15.3 Å². The largest absolute Gasteiger partial charge is 0.573 e. The zero-order valence-corrected chi connectivity index (χ0v) is 13.3. The molecule has 9 heteroatoms. The van der Waals surface area contributed by atoms with Gasteiger partial charge in [-0.1, -0.05) is 12.1 Å². The Balaban J connectivity index is 1.91. The van der Waals surface area contributed by atoms with Crippen LogP contribution in [0, 0.1) is 0 Å². The van der Waals surface area contributed by atoms with Gasteiger partial charge >= 0.3 is 6.36 Å². The van der Waals surface area contributed by atoms with Crippen LogP contribution in [-0.4, -0.2) is 17.5 Å². The summed E-state index contributed by atoms with van der Waals surface area (Å²) in [7, 11) is 0. The van der Waals surface area contributed by atoms with E-state index in [9.17, 15) is 22.8 Å². The molecule has 0 aliphatic carbocycles. The Labute approximate surface area is 142 Å². The van der Waals surface area contributed by atoms with Crippen molar-refractivity contribution in [1.82, 2.24) is 5.32 Å². The summed E-state index contributed by atoms with van der Waals surface area (Å²) >= 11 is 1.97. The number of carbonyl (C=O) groups is 2. The molecule has 2 amide bonds. The quantitative estimate of drug-likeness (QED) is 0.799. The van der Waals surface area contributed by atoms with Gasteiger partial charge in [0.15, 0.2) is 0 Å². The number of alkyl halides is 3. The van der Waals surface area contributed by atoms with Crippen LogP contribution in [-0.2, 0) is 4.79 Å². The molecule has 4 nitrogen and oxygen atoms in total. The first-order valence-electron chi connectivity index (χ1n) is 6.52. The molecular weight excluding hydrogens is 363 g/mol. The molecule has 1 aromatic heterocycles. The number of thioether (sulfide) groups is 1. The van der Waals surface area contributed by atoms with Gasteiger partial charge in [-0.15, -0.1) is 24.5 Å². The molecule has 124 valence electrons. The summed E-state index contributed by atoms with van der Waals surface area (Å²) < 4.78 is 41.5. The van der Waals surface area contributed by atoms with Crippen LogP contribution in [0.3, 0.4) is 0 Å². The predicted octanol–water partition coefficient (Wildman–Crippen LogP) is 4.64. The molecule has 0 atom stereocenters. The van der Waals surface area contributed by atoms with E-state index in [1.54, 1.807) is 18.2 Å². The van der Waals surface area contributed by atoms with Gasteiger partial charge in [0.25, 0.3) is 11.1 Å². The third kappa shape index (κ3) is 3.80. The van der Waals surface area contributed by atoms with Crippen molar-refractivity contribution in [3.05, 3.63) is 46.2 Å². The SMILES string of the molecule is O=C1NC(=O)C(=Cc2ccc(-c3ccccc3OC(F)(F)F)s2)S1. The third-order valence-corrected chi connectivity index (χ3v) is 4.80. The number of imide groups is 1. The predicted molar refractivity (Wildman–Crippen MR) is 85.5 cm³/mol. The first-order valence-corrected chi connectivity index (χ1v) is 8.15. The van der Waals surface area contributed by atoms with Crippen molar-refractivity contribution in [2.24, 2.45) is 0 Å². The fourth-order valence-electron chi connectivity index (χ4n) is 2.01. The summed E-state index contributed by atoms with van der Waals surface area (Å²) in [5.74, 6) is -0.782. The van der Waals surface area contributed by atoms with Crippen molar-refractivity contribution < 1.29 is 27.5 Å². The zero-order valence-electron chi connectivity index (χ0n) is 11.7. The van der Waals surface area contributed by atoms with Crippen molar-refractivity contribution in [3.63, 3.8) is 0 Å². The fraction of sp³-hybridized carbons (Fsp3) is 0.0667. The van der Waals surface area contributed by atoms with Crippen molar-refractivity contribution in [1.29, 1.82) is 0 Å². The van der Waals surface area contributed by atoms with Crippen LogP contribution >= 0.6 is 23.1 Å². The fourth-order valence-corrected chi connectivity index (χ4v) is 3.74. The van der Waals surface area contributed by atoms with Gasteiger partial charge in [0.2, 0.25) is 0 Å². The molecule has 1 aliphatic heterocycles. The van der Waals surface area contributed by atoms with E-state index in [4.69, 9.17) is 0 Å². The molecule has 2 heterocycles. The molecule has 1 N–H and O–H groups in total. The molecule has 24 heavy (non-hydrogen) atoms. The average molecular weight is 371 g/mol. The molecule has 3 rings (SSSR count). The number of carbonyl (C=O) groups excluding carboxylic acids is 2. The maximum Gasteiger partial charge on any atom is 0.573 e. The number of rotatable bonds is 3. The van der Waals surface area contributed by atoms with E-state index < -0.39 is 17.5 Å². The van der Waals surface area contributed by atoms with Gasteiger partial charge in [-0.3, -0.25) is 14.9 Å². The second-order valence-electron chi connectivity index (χ2n) is 4.60. The highest BCUT2D eigenvalue weighted by Gasteiger charge is 2.32. The van der Waals surface area contributed by atoms with Gasteiger partial charge in [0.1, 0.15) is 5.75 Å². The number of hydrogen-bond donors (Lipinski definition) is 1. The number of hydrogen-bond acceptors (Lipinski definition) is 5. The highest BCUT2D eigenvalue weighted by Crippen LogP contribution is 2.38. The number of amides is 2. The van der Waals surface area contributed by atoms with Crippen LogP contribution in [0.1, 0.15) is 4.88 Å². The number of para-hydroxylation sites is 1.